The molecule has 0 aromatic rings. The van der Waals surface area contributed by atoms with Gasteiger partial charge in [0.05, 0.1) is 0 Å². The van der Waals surface area contributed by atoms with Gasteiger partial charge in [-0.25, -0.2) is 4.79 Å². The number of carboxylic acid groups (broad SMARTS) is 1. The molecular weight excluding hydrogens is 1070 g/mol. The van der Waals surface area contributed by atoms with Crippen LogP contribution >= 0.6 is 0 Å². The van der Waals surface area contributed by atoms with Crippen LogP contribution in [0.15, 0.2) is 0 Å². The Balaban J connectivity index is 0.000000395. The fraction of sp³-hybridized carbons (Fsp3) is 0.806. The molecule has 5 heterocycles. The summed E-state index contributed by atoms with van der Waals surface area (Å²) < 4.78 is 73.0. The average Bonchev–Trinajstić information content (AvgIpc) is 3.37. The minimum Gasteiger partial charge on any atom is -0.479 e. The van der Waals surface area contributed by atoms with E-state index in [1.807, 2.05) is 0 Å². The Labute approximate surface area is 420 Å². The molecule has 5 aliphatic rings. The number of aliphatic carboxylic acids is 1. The minimum atomic E-state index is -2.62. The second kappa shape index (κ2) is 29.8. The summed E-state index contributed by atoms with van der Waals surface area (Å²) >= 11 is 0. The molecule has 19 N–H and O–H groups in total. The quantitative estimate of drug-likeness (QED) is 0.0242. The molecule has 0 aliphatic carbocycles. The molecule has 5 rings (SSSR count). The summed E-state index contributed by atoms with van der Waals surface area (Å²) in [5, 5.41) is 170. The summed E-state index contributed by atoms with van der Waals surface area (Å²) in [5.74, 6) is -2.00. The molecule has 76 heavy (non-hydrogen) atoms. The van der Waals surface area contributed by atoms with Crippen LogP contribution < -0.4 is 0 Å². The van der Waals surface area contributed by atoms with Crippen LogP contribution in [0.2, 0.25) is 0 Å². The average molecular weight is 1130 g/mol. The number of carbonyl (C=O) groups excluding carboxylic acids is 6. The van der Waals surface area contributed by atoms with E-state index in [1.165, 1.54) is 0 Å². The van der Waals surface area contributed by atoms with Crippen molar-refractivity contribution in [1.29, 1.82) is 0 Å². The largest absolute Gasteiger partial charge is 0.479 e. The highest BCUT2D eigenvalue weighted by Gasteiger charge is 2.57. The second-order valence-electron chi connectivity index (χ2n) is 15.7. The van der Waals surface area contributed by atoms with Crippen LogP contribution in [-0.4, -0.2) is 316 Å². The van der Waals surface area contributed by atoms with E-state index in [0.717, 1.165) is 0 Å². The lowest BCUT2D eigenvalue weighted by Crippen LogP contribution is -2.66. The topological polar surface area (TPSA) is 633 Å². The van der Waals surface area contributed by atoms with Crippen LogP contribution in [0.4, 0.5) is 0 Å². The van der Waals surface area contributed by atoms with Crippen LogP contribution in [0.1, 0.15) is 0 Å². The summed E-state index contributed by atoms with van der Waals surface area (Å²) in [4.78, 5) is 75.5. The van der Waals surface area contributed by atoms with Gasteiger partial charge in [-0.15, -0.1) is 0 Å². The van der Waals surface area contributed by atoms with Crippen LogP contribution in [0.5, 0.6) is 0 Å². The maximum atomic E-state index is 11.0. The van der Waals surface area contributed by atoms with E-state index in [2.05, 4.69) is 28.4 Å². The Hall–Kier alpha value is -4.75. The molecule has 0 saturated carbocycles. The molecule has 5 saturated heterocycles. The van der Waals surface area contributed by atoms with Gasteiger partial charge in [-0.1, -0.05) is 0 Å². The molecule has 40 heteroatoms. The first kappa shape index (κ1) is 65.5. The van der Waals surface area contributed by atoms with E-state index in [0.29, 0.717) is 0 Å². The highest BCUT2D eigenvalue weighted by atomic mass is 16.8. The SMILES string of the molecule is O.O=COC1O[C@@H](O[C@@H](C(O)C(O)C(=O)O)[C@@H](O)OC=O)C(O)[C@@H](O)[C@@H]1O[C@@H]1O[C@@H](OC=O)[C@@H](O)C(O)C1O.O=COC1O[C@@H](O[C@H]2C(O)C(O)[C@H](O)O[C@H]2OC=O)C(O)[C@@H](O)[C@@H]1O[C@@H]1O[C@@H](OC=O)[C@@H](O)C(O)C1O. The third-order valence-electron chi connectivity index (χ3n) is 11.1. The molecule has 0 spiro atoms. The minimum absolute atomic E-state index is 0. The fourth-order valence-corrected chi connectivity index (χ4v) is 7.17. The molecule has 0 bridgehead atoms. The predicted octanol–water partition coefficient (Wildman–Crippen LogP) is -15.4. The maximum absolute atomic E-state index is 11.0. The highest BCUT2D eigenvalue weighted by molar-refractivity contribution is 5.72. The summed E-state index contributed by atoms with van der Waals surface area (Å²) in [7, 11) is 0. The van der Waals surface area contributed by atoms with Gasteiger partial charge >= 0.3 is 5.97 Å². The number of aliphatic hydroxyl groups excluding tert-OH is 16. The predicted molar refractivity (Wildman–Crippen MR) is 209 cm³/mol. The first-order valence-electron chi connectivity index (χ1n) is 21.0. The van der Waals surface area contributed by atoms with Gasteiger partial charge in [0, 0.05) is 0 Å². The van der Waals surface area contributed by atoms with Crippen molar-refractivity contribution in [2.45, 2.75) is 179 Å². The van der Waals surface area contributed by atoms with Crippen LogP contribution in [0, 0.1) is 0 Å². The van der Waals surface area contributed by atoms with Crippen LogP contribution in [-0.2, 0) is 105 Å². The highest BCUT2D eigenvalue weighted by Crippen LogP contribution is 2.34. The zero-order valence-corrected chi connectivity index (χ0v) is 37.8. The zero-order valence-electron chi connectivity index (χ0n) is 37.8. The van der Waals surface area contributed by atoms with Gasteiger partial charge in [-0.05, 0) is 0 Å². The maximum Gasteiger partial charge on any atom is 0.335 e. The molecule has 40 nitrogen and oxygen atoms in total. The zero-order chi connectivity index (χ0) is 56.2. The first-order chi connectivity index (χ1) is 35.4. The van der Waals surface area contributed by atoms with Crippen molar-refractivity contribution in [3.63, 3.8) is 0 Å². The van der Waals surface area contributed by atoms with Crippen molar-refractivity contribution in [2.75, 3.05) is 0 Å². The lowest BCUT2D eigenvalue weighted by Gasteiger charge is -2.46. The second-order valence-corrected chi connectivity index (χ2v) is 15.7. The number of rotatable bonds is 24. The molecule has 12 unspecified atom stereocenters. The Bertz CT molecular complexity index is 1820. The summed E-state index contributed by atoms with van der Waals surface area (Å²) in [5.41, 5.74) is 0. The van der Waals surface area contributed by atoms with Gasteiger partial charge in [0.2, 0.25) is 37.7 Å². The lowest BCUT2D eigenvalue weighted by molar-refractivity contribution is -0.412. The molecule has 29 atom stereocenters. The Morgan fingerprint density at radius 1 is 0.382 bits per heavy atom. The number of hydrogen-bond acceptors (Lipinski definition) is 38. The van der Waals surface area contributed by atoms with Gasteiger partial charge in [-0.3, -0.25) is 28.8 Å². The van der Waals surface area contributed by atoms with Gasteiger partial charge in [0.25, 0.3) is 38.8 Å². The van der Waals surface area contributed by atoms with E-state index < -0.39 is 185 Å². The van der Waals surface area contributed by atoms with Crippen molar-refractivity contribution < 1.29 is 197 Å². The fourth-order valence-electron chi connectivity index (χ4n) is 7.17. The Morgan fingerprint density at radius 2 is 0.684 bits per heavy atom. The molecule has 438 valence electrons. The number of carbonyl (C=O) groups is 7. The molecule has 5 aliphatic heterocycles. The Morgan fingerprint density at radius 3 is 1.05 bits per heavy atom. The van der Waals surface area contributed by atoms with Crippen molar-refractivity contribution in [3.05, 3.63) is 0 Å². The van der Waals surface area contributed by atoms with Crippen molar-refractivity contribution in [3.8, 4) is 0 Å². The first-order valence-corrected chi connectivity index (χ1v) is 21.0. The van der Waals surface area contributed by atoms with Gasteiger partial charge in [0.15, 0.2) is 62.0 Å². The smallest absolute Gasteiger partial charge is 0.335 e. The van der Waals surface area contributed by atoms with Crippen LogP contribution in [0.3, 0.4) is 0 Å². The summed E-state index contributed by atoms with van der Waals surface area (Å²) in [6, 6.07) is 0. The number of hydrogen-bond donors (Lipinski definition) is 17. The third kappa shape index (κ3) is 15.3. The lowest BCUT2D eigenvalue weighted by atomic mass is 10.0. The number of ether oxygens (including phenoxy) is 15. The van der Waals surface area contributed by atoms with E-state index in [-0.39, 0.29) is 44.3 Å². The molecule has 0 radical (unpaired) electrons. The van der Waals surface area contributed by atoms with E-state index in [4.69, 9.17) is 47.7 Å². The van der Waals surface area contributed by atoms with Gasteiger partial charge in [-0.2, -0.15) is 0 Å². The normalized spacial score (nSPS) is 42.9. The van der Waals surface area contributed by atoms with E-state index >= 15 is 0 Å². The molecule has 0 aromatic heterocycles. The summed E-state index contributed by atoms with van der Waals surface area (Å²) in [6.45, 7) is -1.14. The third-order valence-corrected chi connectivity index (χ3v) is 11.1. The van der Waals surface area contributed by atoms with Crippen molar-refractivity contribution in [1.82, 2.24) is 0 Å². The number of carboxylic acids is 1. The van der Waals surface area contributed by atoms with Gasteiger partial charge < -0.3 is 163 Å². The van der Waals surface area contributed by atoms with Crippen molar-refractivity contribution >= 4 is 44.8 Å². The number of aliphatic hydroxyl groups is 16. The molecule has 5 fully saturated rings. The van der Waals surface area contributed by atoms with E-state index in [1.54, 1.807) is 0 Å². The van der Waals surface area contributed by atoms with Gasteiger partial charge in [0.1, 0.15) is 79.4 Å². The molecular formula is C36H54O40. The monoisotopic (exact) mass is 1130 g/mol. The Kier molecular flexibility index (Phi) is 25.7. The summed E-state index contributed by atoms with van der Waals surface area (Å²) in [6.07, 6.45) is -59.7. The molecule has 0 aromatic carbocycles. The van der Waals surface area contributed by atoms with E-state index in [9.17, 15) is 115 Å². The van der Waals surface area contributed by atoms with Crippen LogP contribution in [0.25, 0.3) is 0 Å². The molecule has 0 amide bonds. The van der Waals surface area contributed by atoms with Crippen molar-refractivity contribution in [2.24, 2.45) is 0 Å². The standard InChI is InChI=1S/C18H26O20.C18H26O19.H2O/c19-1-32-14(31)11(5(23)7(25)13(29)30)35-17-10(28)6(24)12(18(38-17)34-3-21)36-16-9(27)4(22)8(26)15(37-16)33-2-20;19-1-30-14-8(26)4(22)9(27)15(36-14)34-12-6(24)10(28)16(37-18(12)32-3-21)33-11-5(23)7(25)13(29)35-17(11)31-2-20;/h1-12,14-18,22-28,31H,(H,29,30);1-18,22-29H;1H2/t4?,5?,6-,7?,8+,9?,10?,11+,12+,14+,15-,16-,17-,18?;4?,5?,6-,7?,8+,9?,10?,11+,12+,13-,14-,15-,16-,17-,18?;/m11./s1.